The molecule has 0 saturated heterocycles. The average Bonchev–Trinajstić information content (AvgIpc) is 3.01. The minimum Gasteiger partial charge on any atom is -0.310 e. The second-order valence-corrected chi connectivity index (χ2v) is 5.28. The van der Waals surface area contributed by atoms with Crippen LogP contribution in [0.2, 0.25) is 0 Å². The van der Waals surface area contributed by atoms with Crippen molar-refractivity contribution in [1.82, 2.24) is 34.8 Å². The SMILES string of the molecule is CCCn1ncnc1Cn1cnc(CNCC(C)C)n1. The van der Waals surface area contributed by atoms with Gasteiger partial charge in [0.25, 0.3) is 0 Å². The molecule has 0 amide bonds. The lowest BCUT2D eigenvalue weighted by atomic mass is 10.2. The predicted molar refractivity (Wildman–Crippen MR) is 76.0 cm³/mol. The van der Waals surface area contributed by atoms with E-state index in [9.17, 15) is 0 Å². The Hall–Kier alpha value is -1.76. The first-order chi connectivity index (χ1) is 9.69. The lowest BCUT2D eigenvalue weighted by molar-refractivity contribution is 0.526. The summed E-state index contributed by atoms with van der Waals surface area (Å²) in [7, 11) is 0. The number of nitrogens with zero attached hydrogens (tertiary/aromatic N) is 6. The molecule has 0 aliphatic heterocycles. The normalized spacial score (nSPS) is 11.4. The minimum atomic E-state index is 0.608. The first kappa shape index (κ1) is 14.6. The van der Waals surface area contributed by atoms with Gasteiger partial charge in [-0.15, -0.1) is 0 Å². The molecule has 2 aromatic heterocycles. The van der Waals surface area contributed by atoms with Gasteiger partial charge >= 0.3 is 0 Å². The van der Waals surface area contributed by atoms with Crippen molar-refractivity contribution < 1.29 is 0 Å². The Morgan fingerprint density at radius 3 is 2.90 bits per heavy atom. The van der Waals surface area contributed by atoms with E-state index in [2.05, 4.69) is 46.3 Å². The molecule has 2 aromatic rings. The van der Waals surface area contributed by atoms with E-state index in [1.54, 1.807) is 12.7 Å². The predicted octanol–water partition coefficient (Wildman–Crippen LogP) is 1.07. The van der Waals surface area contributed by atoms with Gasteiger partial charge in [-0.2, -0.15) is 10.2 Å². The van der Waals surface area contributed by atoms with Gasteiger partial charge in [0.05, 0.1) is 6.54 Å². The zero-order valence-corrected chi connectivity index (χ0v) is 12.5. The van der Waals surface area contributed by atoms with Crippen molar-refractivity contribution in [3.05, 3.63) is 24.3 Å². The molecule has 0 aliphatic rings. The fourth-order valence-corrected chi connectivity index (χ4v) is 1.92. The van der Waals surface area contributed by atoms with Gasteiger partial charge in [0, 0.05) is 6.54 Å². The highest BCUT2D eigenvalue weighted by Gasteiger charge is 2.07. The highest BCUT2D eigenvalue weighted by molar-refractivity contribution is 4.88. The molecule has 0 unspecified atom stereocenters. The van der Waals surface area contributed by atoms with Crippen molar-refractivity contribution in [3.63, 3.8) is 0 Å². The molecule has 0 radical (unpaired) electrons. The van der Waals surface area contributed by atoms with Crippen molar-refractivity contribution in [3.8, 4) is 0 Å². The van der Waals surface area contributed by atoms with Crippen LogP contribution in [0.25, 0.3) is 0 Å². The fourth-order valence-electron chi connectivity index (χ4n) is 1.92. The summed E-state index contributed by atoms with van der Waals surface area (Å²) < 4.78 is 3.72. The molecule has 0 aliphatic carbocycles. The van der Waals surface area contributed by atoms with E-state index in [4.69, 9.17) is 0 Å². The van der Waals surface area contributed by atoms with Crippen LogP contribution in [0.1, 0.15) is 38.8 Å². The van der Waals surface area contributed by atoms with Gasteiger partial charge in [-0.1, -0.05) is 20.8 Å². The molecule has 0 fully saturated rings. The molecule has 2 heterocycles. The highest BCUT2D eigenvalue weighted by Crippen LogP contribution is 2.00. The van der Waals surface area contributed by atoms with E-state index in [0.29, 0.717) is 19.0 Å². The van der Waals surface area contributed by atoms with Crippen molar-refractivity contribution >= 4 is 0 Å². The number of rotatable bonds is 8. The summed E-state index contributed by atoms with van der Waals surface area (Å²) in [5.74, 6) is 2.36. The maximum absolute atomic E-state index is 4.45. The first-order valence-corrected chi connectivity index (χ1v) is 7.14. The van der Waals surface area contributed by atoms with Crippen LogP contribution < -0.4 is 5.32 Å². The standard InChI is InChI=1S/C13H23N7/c1-4-5-20-13(15-9-17-20)8-19-10-16-12(18-19)7-14-6-11(2)3/h9-11,14H,4-8H2,1-3H3. The summed E-state index contributed by atoms with van der Waals surface area (Å²) in [4.78, 5) is 8.57. The van der Waals surface area contributed by atoms with Crippen molar-refractivity contribution in [1.29, 1.82) is 0 Å². The van der Waals surface area contributed by atoms with E-state index >= 15 is 0 Å². The van der Waals surface area contributed by atoms with Gasteiger partial charge < -0.3 is 5.32 Å². The molecular formula is C13H23N7. The molecule has 0 bridgehead atoms. The average molecular weight is 277 g/mol. The Morgan fingerprint density at radius 1 is 1.30 bits per heavy atom. The van der Waals surface area contributed by atoms with Gasteiger partial charge in [-0.3, -0.25) is 0 Å². The van der Waals surface area contributed by atoms with Gasteiger partial charge in [-0.05, 0) is 18.9 Å². The zero-order valence-electron chi connectivity index (χ0n) is 12.5. The molecule has 2 rings (SSSR count). The molecule has 1 N–H and O–H groups in total. The van der Waals surface area contributed by atoms with E-state index in [0.717, 1.165) is 31.2 Å². The smallest absolute Gasteiger partial charge is 0.164 e. The van der Waals surface area contributed by atoms with Crippen LogP contribution in [0, 0.1) is 5.92 Å². The quantitative estimate of drug-likeness (QED) is 0.781. The largest absolute Gasteiger partial charge is 0.310 e. The van der Waals surface area contributed by atoms with E-state index < -0.39 is 0 Å². The Morgan fingerprint density at radius 2 is 2.15 bits per heavy atom. The van der Waals surface area contributed by atoms with Gasteiger partial charge in [-0.25, -0.2) is 19.3 Å². The van der Waals surface area contributed by atoms with Gasteiger partial charge in [0.1, 0.15) is 25.0 Å². The molecular weight excluding hydrogens is 254 g/mol. The third-order valence-corrected chi connectivity index (χ3v) is 2.85. The van der Waals surface area contributed by atoms with Gasteiger partial charge in [0.15, 0.2) is 5.82 Å². The highest BCUT2D eigenvalue weighted by atomic mass is 15.4. The van der Waals surface area contributed by atoms with Crippen LogP contribution in [0.5, 0.6) is 0 Å². The topological polar surface area (TPSA) is 73.5 Å². The molecule has 7 nitrogen and oxygen atoms in total. The van der Waals surface area contributed by atoms with Crippen molar-refractivity contribution in [2.45, 2.75) is 46.8 Å². The summed E-state index contributed by atoms with van der Waals surface area (Å²) in [5.41, 5.74) is 0. The van der Waals surface area contributed by atoms with Crippen molar-refractivity contribution in [2.75, 3.05) is 6.54 Å². The molecule has 7 heteroatoms. The molecule has 0 atom stereocenters. The van der Waals surface area contributed by atoms with Crippen LogP contribution >= 0.6 is 0 Å². The van der Waals surface area contributed by atoms with Crippen LogP contribution in [0.15, 0.2) is 12.7 Å². The fraction of sp³-hybridized carbons (Fsp3) is 0.692. The second-order valence-electron chi connectivity index (χ2n) is 5.28. The Bertz CT molecular complexity index is 514. The summed E-state index contributed by atoms with van der Waals surface area (Å²) in [6.45, 7) is 9.65. The van der Waals surface area contributed by atoms with Crippen molar-refractivity contribution in [2.24, 2.45) is 5.92 Å². The zero-order chi connectivity index (χ0) is 14.4. The summed E-state index contributed by atoms with van der Waals surface area (Å²) in [6, 6.07) is 0. The number of hydrogen-bond donors (Lipinski definition) is 1. The molecule has 0 aromatic carbocycles. The summed E-state index contributed by atoms with van der Waals surface area (Å²) in [5, 5.41) is 12.0. The first-order valence-electron chi connectivity index (χ1n) is 7.14. The number of hydrogen-bond acceptors (Lipinski definition) is 5. The Labute approximate surface area is 119 Å². The van der Waals surface area contributed by atoms with Gasteiger partial charge in [0.2, 0.25) is 0 Å². The number of aryl methyl sites for hydroxylation is 1. The van der Waals surface area contributed by atoms with Crippen LogP contribution in [-0.2, 0) is 19.6 Å². The Balaban J connectivity index is 1.90. The van der Waals surface area contributed by atoms with Crippen LogP contribution in [0.3, 0.4) is 0 Å². The maximum atomic E-state index is 4.45. The van der Waals surface area contributed by atoms with Crippen LogP contribution in [0.4, 0.5) is 0 Å². The lowest BCUT2D eigenvalue weighted by Crippen LogP contribution is -2.20. The molecule has 110 valence electrons. The van der Waals surface area contributed by atoms with Crippen LogP contribution in [-0.4, -0.2) is 36.1 Å². The van der Waals surface area contributed by atoms with E-state index in [1.807, 2.05) is 9.36 Å². The maximum Gasteiger partial charge on any atom is 0.164 e. The molecule has 0 saturated carbocycles. The minimum absolute atomic E-state index is 0.608. The lowest BCUT2D eigenvalue weighted by Gasteiger charge is -2.05. The number of aromatic nitrogens is 6. The van der Waals surface area contributed by atoms with E-state index in [1.165, 1.54) is 0 Å². The molecule has 0 spiro atoms. The third-order valence-electron chi connectivity index (χ3n) is 2.85. The number of nitrogens with one attached hydrogen (secondary N) is 1. The summed E-state index contributed by atoms with van der Waals surface area (Å²) >= 11 is 0. The van der Waals surface area contributed by atoms with E-state index in [-0.39, 0.29) is 0 Å². The Kier molecular flexibility index (Phi) is 5.23. The molecule has 20 heavy (non-hydrogen) atoms. The summed E-state index contributed by atoms with van der Waals surface area (Å²) in [6.07, 6.45) is 4.38. The monoisotopic (exact) mass is 277 g/mol. The second kappa shape index (κ2) is 7.14. The third kappa shape index (κ3) is 4.12.